The molecule has 0 spiro atoms. The van der Waals surface area contributed by atoms with Crippen molar-refractivity contribution >= 4 is 5.95 Å². The number of aromatic nitrogens is 2. The third-order valence-corrected chi connectivity index (χ3v) is 4.60. The molecule has 1 aliphatic heterocycles. The van der Waals surface area contributed by atoms with Crippen molar-refractivity contribution in [3.63, 3.8) is 0 Å². The van der Waals surface area contributed by atoms with E-state index >= 15 is 0 Å². The van der Waals surface area contributed by atoms with Gasteiger partial charge in [-0.3, -0.25) is 0 Å². The van der Waals surface area contributed by atoms with Crippen LogP contribution in [0.4, 0.5) is 5.95 Å². The van der Waals surface area contributed by atoms with Gasteiger partial charge in [-0.25, -0.2) is 9.97 Å². The summed E-state index contributed by atoms with van der Waals surface area (Å²) in [5.41, 5.74) is 3.49. The summed E-state index contributed by atoms with van der Waals surface area (Å²) in [7, 11) is 0. The molecule has 0 bridgehead atoms. The van der Waals surface area contributed by atoms with Crippen molar-refractivity contribution in [3.05, 3.63) is 53.3 Å². The van der Waals surface area contributed by atoms with Crippen LogP contribution < -0.4 is 5.32 Å². The third-order valence-electron chi connectivity index (χ3n) is 4.60. The topological polar surface area (TPSA) is 41.1 Å². The fraction of sp³-hybridized carbons (Fsp3) is 0.500. The molecule has 2 aromatic rings. The Morgan fingerprint density at radius 1 is 1.12 bits per heavy atom. The second-order valence-corrected chi connectivity index (χ2v) is 6.85. The van der Waals surface area contributed by atoms with Crippen molar-refractivity contribution < 1.29 is 0 Å². The zero-order valence-corrected chi connectivity index (χ0v) is 14.8. The van der Waals surface area contributed by atoms with Gasteiger partial charge in [0.1, 0.15) is 0 Å². The van der Waals surface area contributed by atoms with Crippen LogP contribution in [0.1, 0.15) is 36.2 Å². The molecule has 1 aromatic carbocycles. The molecule has 128 valence electrons. The highest BCUT2D eigenvalue weighted by molar-refractivity contribution is 5.29. The maximum Gasteiger partial charge on any atom is 0.223 e. The Bertz CT molecular complexity index is 621. The van der Waals surface area contributed by atoms with Crippen molar-refractivity contribution in [1.82, 2.24) is 14.9 Å². The molecule has 1 N–H and O–H groups in total. The minimum Gasteiger partial charge on any atom is -0.350 e. The number of benzene rings is 1. The Labute approximate surface area is 145 Å². The molecule has 0 radical (unpaired) electrons. The summed E-state index contributed by atoms with van der Waals surface area (Å²) in [6.45, 7) is 7.51. The Balaban J connectivity index is 1.47. The molecule has 1 aliphatic rings. The zero-order chi connectivity index (χ0) is 16.8. The first-order valence-electron chi connectivity index (χ1n) is 9.04. The van der Waals surface area contributed by atoms with E-state index in [0.29, 0.717) is 6.04 Å². The van der Waals surface area contributed by atoms with Crippen molar-refractivity contribution in [2.24, 2.45) is 0 Å². The lowest BCUT2D eigenvalue weighted by Crippen LogP contribution is -2.42. The van der Waals surface area contributed by atoms with E-state index in [1.165, 1.54) is 37.9 Å². The van der Waals surface area contributed by atoms with Crippen molar-refractivity contribution in [2.75, 3.05) is 25.0 Å². The highest BCUT2D eigenvalue weighted by Crippen LogP contribution is 2.15. The number of aryl methyl sites for hydroxylation is 3. The smallest absolute Gasteiger partial charge is 0.223 e. The summed E-state index contributed by atoms with van der Waals surface area (Å²) in [6.07, 6.45) is 4.83. The van der Waals surface area contributed by atoms with Gasteiger partial charge in [-0.05, 0) is 64.3 Å². The maximum absolute atomic E-state index is 4.51. The number of hydrogen-bond acceptors (Lipinski definition) is 4. The van der Waals surface area contributed by atoms with Gasteiger partial charge in [-0.15, -0.1) is 0 Å². The fourth-order valence-corrected chi connectivity index (χ4v) is 3.50. The van der Waals surface area contributed by atoms with Gasteiger partial charge in [0, 0.05) is 24.0 Å². The summed E-state index contributed by atoms with van der Waals surface area (Å²) in [5.74, 6) is 0.781. The Morgan fingerprint density at radius 3 is 2.62 bits per heavy atom. The average molecular weight is 324 g/mol. The lowest BCUT2D eigenvalue weighted by molar-refractivity contribution is 0.214. The van der Waals surface area contributed by atoms with Gasteiger partial charge >= 0.3 is 0 Å². The van der Waals surface area contributed by atoms with Crippen LogP contribution in [0.25, 0.3) is 0 Å². The first-order chi connectivity index (χ1) is 11.7. The minimum absolute atomic E-state index is 0.455. The summed E-state index contributed by atoms with van der Waals surface area (Å²) < 4.78 is 0. The molecule has 4 nitrogen and oxygen atoms in total. The lowest BCUT2D eigenvalue weighted by atomic mass is 10.0. The highest BCUT2D eigenvalue weighted by Gasteiger charge is 2.20. The summed E-state index contributed by atoms with van der Waals surface area (Å²) in [5, 5.41) is 3.54. The highest BCUT2D eigenvalue weighted by atomic mass is 15.2. The molecule has 1 atom stereocenters. The van der Waals surface area contributed by atoms with Crippen LogP contribution in [0.3, 0.4) is 0 Å². The molecular weight excluding hydrogens is 296 g/mol. The van der Waals surface area contributed by atoms with Crippen molar-refractivity contribution in [3.8, 4) is 0 Å². The number of hydrogen-bond donors (Lipinski definition) is 1. The van der Waals surface area contributed by atoms with Gasteiger partial charge in [0.25, 0.3) is 0 Å². The van der Waals surface area contributed by atoms with E-state index in [0.717, 1.165) is 30.3 Å². The summed E-state index contributed by atoms with van der Waals surface area (Å²) >= 11 is 0. The molecule has 3 rings (SSSR count). The number of rotatable bonds is 6. The molecule has 1 saturated heterocycles. The third kappa shape index (κ3) is 5.03. The molecule has 2 heterocycles. The van der Waals surface area contributed by atoms with Gasteiger partial charge < -0.3 is 10.2 Å². The number of likely N-dealkylation sites (tertiary alicyclic amines) is 1. The Hall–Kier alpha value is -1.94. The van der Waals surface area contributed by atoms with Gasteiger partial charge in [0.05, 0.1) is 0 Å². The van der Waals surface area contributed by atoms with E-state index in [1.807, 2.05) is 19.9 Å². The quantitative estimate of drug-likeness (QED) is 0.881. The van der Waals surface area contributed by atoms with E-state index in [2.05, 4.69) is 50.5 Å². The lowest BCUT2D eigenvalue weighted by Gasteiger charge is -2.33. The van der Waals surface area contributed by atoms with Crippen LogP contribution in [0.15, 0.2) is 36.4 Å². The van der Waals surface area contributed by atoms with Crippen LogP contribution in [-0.2, 0) is 6.42 Å². The van der Waals surface area contributed by atoms with Crippen LogP contribution in [-0.4, -0.2) is 40.5 Å². The van der Waals surface area contributed by atoms with Gasteiger partial charge in [0.15, 0.2) is 0 Å². The predicted molar refractivity (Wildman–Crippen MR) is 99.4 cm³/mol. The Morgan fingerprint density at radius 2 is 1.88 bits per heavy atom. The van der Waals surface area contributed by atoms with Crippen LogP contribution in [0.2, 0.25) is 0 Å². The minimum atomic E-state index is 0.455. The first kappa shape index (κ1) is 16.9. The van der Waals surface area contributed by atoms with Gasteiger partial charge in [-0.1, -0.05) is 30.3 Å². The molecule has 0 saturated carbocycles. The molecule has 1 fully saturated rings. The number of nitrogens with one attached hydrogen (secondary N) is 1. The number of anilines is 1. The summed E-state index contributed by atoms with van der Waals surface area (Å²) in [6, 6.07) is 13.2. The van der Waals surface area contributed by atoms with Crippen LogP contribution in [0, 0.1) is 13.8 Å². The van der Waals surface area contributed by atoms with E-state index in [1.54, 1.807) is 0 Å². The van der Waals surface area contributed by atoms with Crippen LogP contribution in [0.5, 0.6) is 0 Å². The standard InChI is InChI=1S/C20H28N4/c1-16-14-17(2)22-20(21-16)23-19-11-7-13-24(15-19)12-6-10-18-8-4-3-5-9-18/h3-5,8-9,14,19H,6-7,10-13,15H2,1-2H3,(H,21,22,23). The van der Waals surface area contributed by atoms with Gasteiger partial charge in [0.2, 0.25) is 5.95 Å². The molecule has 0 amide bonds. The molecule has 0 aliphatic carbocycles. The van der Waals surface area contributed by atoms with E-state index in [-0.39, 0.29) is 0 Å². The molecule has 24 heavy (non-hydrogen) atoms. The van der Waals surface area contributed by atoms with E-state index in [4.69, 9.17) is 0 Å². The molecule has 1 unspecified atom stereocenters. The normalized spacial score (nSPS) is 18.5. The second-order valence-electron chi connectivity index (χ2n) is 6.85. The van der Waals surface area contributed by atoms with Crippen molar-refractivity contribution in [1.29, 1.82) is 0 Å². The second kappa shape index (κ2) is 8.25. The first-order valence-corrected chi connectivity index (χ1v) is 9.04. The van der Waals surface area contributed by atoms with E-state index < -0.39 is 0 Å². The molecule has 4 heteroatoms. The SMILES string of the molecule is Cc1cc(C)nc(NC2CCCN(CCCc3ccccc3)C2)n1. The maximum atomic E-state index is 4.51. The summed E-state index contributed by atoms with van der Waals surface area (Å²) in [4.78, 5) is 11.6. The van der Waals surface area contributed by atoms with Gasteiger partial charge in [-0.2, -0.15) is 0 Å². The molecular formula is C20H28N4. The fourth-order valence-electron chi connectivity index (χ4n) is 3.50. The van der Waals surface area contributed by atoms with E-state index in [9.17, 15) is 0 Å². The predicted octanol–water partition coefficient (Wildman–Crippen LogP) is 3.60. The largest absolute Gasteiger partial charge is 0.350 e. The van der Waals surface area contributed by atoms with Crippen LogP contribution >= 0.6 is 0 Å². The molecule has 1 aromatic heterocycles. The van der Waals surface area contributed by atoms with Crippen molar-refractivity contribution in [2.45, 2.75) is 45.6 Å². The monoisotopic (exact) mass is 324 g/mol. The zero-order valence-electron chi connectivity index (χ0n) is 14.8. The number of nitrogens with zero attached hydrogens (tertiary/aromatic N) is 3. The number of piperidine rings is 1. The Kier molecular flexibility index (Phi) is 5.81. The average Bonchev–Trinajstić information content (AvgIpc) is 2.55.